The van der Waals surface area contributed by atoms with Crippen LogP contribution in [0.2, 0.25) is 0 Å². The Bertz CT molecular complexity index is 232. The van der Waals surface area contributed by atoms with Crippen molar-refractivity contribution in [3.05, 3.63) is 0 Å². The molecule has 0 aromatic rings. The Hall–Kier alpha value is -0.820. The van der Waals surface area contributed by atoms with E-state index in [1.807, 2.05) is 19.0 Å². The molecule has 0 saturated heterocycles. The molecule has 17 heavy (non-hydrogen) atoms. The van der Waals surface area contributed by atoms with E-state index in [9.17, 15) is 18.0 Å². The van der Waals surface area contributed by atoms with E-state index < -0.39 is 24.6 Å². The Kier molecular flexibility index (Phi) is 7.13. The molecule has 0 spiro atoms. The van der Waals surface area contributed by atoms with Crippen molar-refractivity contribution < 1.29 is 23.1 Å². The Morgan fingerprint density at radius 1 is 1.35 bits per heavy atom. The van der Waals surface area contributed by atoms with Gasteiger partial charge in [-0.3, -0.25) is 4.79 Å². The molecule has 0 heterocycles. The number of hydrogen-bond donors (Lipinski definition) is 2. The quantitative estimate of drug-likeness (QED) is 0.640. The standard InChI is InChI=1S/C10H19F3N2O2/c1-15(2)6-4-3-5-14-7-8(9(16)17)10(11,12)13/h8,14H,3-7H2,1-2H3,(H,16,17). The van der Waals surface area contributed by atoms with Gasteiger partial charge in [-0.2, -0.15) is 13.2 Å². The minimum Gasteiger partial charge on any atom is -0.481 e. The second-order valence-electron chi connectivity index (χ2n) is 4.15. The highest BCUT2D eigenvalue weighted by molar-refractivity contribution is 5.71. The zero-order valence-corrected chi connectivity index (χ0v) is 10.0. The van der Waals surface area contributed by atoms with Crippen LogP contribution in [0.15, 0.2) is 0 Å². The van der Waals surface area contributed by atoms with Gasteiger partial charge >= 0.3 is 12.1 Å². The van der Waals surface area contributed by atoms with Gasteiger partial charge in [0, 0.05) is 6.54 Å². The van der Waals surface area contributed by atoms with Gasteiger partial charge in [-0.25, -0.2) is 0 Å². The molecule has 102 valence electrons. The molecule has 0 aromatic heterocycles. The highest BCUT2D eigenvalue weighted by Gasteiger charge is 2.44. The van der Waals surface area contributed by atoms with Crippen molar-refractivity contribution in [1.29, 1.82) is 0 Å². The molecule has 0 aliphatic heterocycles. The number of rotatable bonds is 8. The molecule has 0 radical (unpaired) electrons. The molecule has 2 N–H and O–H groups in total. The summed E-state index contributed by atoms with van der Waals surface area (Å²) in [5.41, 5.74) is 0. The molecule has 7 heteroatoms. The summed E-state index contributed by atoms with van der Waals surface area (Å²) < 4.78 is 36.7. The Balaban J connectivity index is 3.74. The monoisotopic (exact) mass is 256 g/mol. The highest BCUT2D eigenvalue weighted by Crippen LogP contribution is 2.25. The minimum absolute atomic E-state index is 0.397. The summed E-state index contributed by atoms with van der Waals surface area (Å²) in [5.74, 6) is -4.16. The molecule has 0 amide bonds. The van der Waals surface area contributed by atoms with Crippen molar-refractivity contribution in [1.82, 2.24) is 10.2 Å². The summed E-state index contributed by atoms with van der Waals surface area (Å²) in [7, 11) is 3.83. The van der Waals surface area contributed by atoms with Gasteiger partial charge in [0.1, 0.15) is 0 Å². The fraction of sp³-hybridized carbons (Fsp3) is 0.900. The van der Waals surface area contributed by atoms with Gasteiger partial charge in [-0.1, -0.05) is 0 Å². The molecule has 1 atom stereocenters. The Labute approximate surface area is 98.8 Å². The first-order valence-electron chi connectivity index (χ1n) is 5.40. The number of aliphatic carboxylic acids is 1. The maximum absolute atomic E-state index is 12.2. The van der Waals surface area contributed by atoms with Gasteiger partial charge in [-0.15, -0.1) is 0 Å². The lowest BCUT2D eigenvalue weighted by atomic mass is 10.1. The summed E-state index contributed by atoms with van der Waals surface area (Å²) in [6.45, 7) is 0.692. The third-order valence-electron chi connectivity index (χ3n) is 2.25. The fourth-order valence-corrected chi connectivity index (χ4v) is 1.27. The molecule has 0 aliphatic rings. The van der Waals surface area contributed by atoms with Crippen LogP contribution in [0.4, 0.5) is 13.2 Å². The van der Waals surface area contributed by atoms with Crippen LogP contribution in [0.5, 0.6) is 0 Å². The normalized spacial score (nSPS) is 14.0. The van der Waals surface area contributed by atoms with E-state index in [0.717, 1.165) is 19.4 Å². The summed E-state index contributed by atoms with van der Waals surface area (Å²) in [6, 6.07) is 0. The smallest absolute Gasteiger partial charge is 0.403 e. The number of nitrogens with one attached hydrogen (secondary N) is 1. The lowest BCUT2D eigenvalue weighted by Gasteiger charge is -2.16. The molecule has 0 aliphatic carbocycles. The average molecular weight is 256 g/mol. The van der Waals surface area contributed by atoms with E-state index >= 15 is 0 Å². The molecule has 1 unspecified atom stereocenters. The van der Waals surface area contributed by atoms with Crippen molar-refractivity contribution in [2.24, 2.45) is 5.92 Å². The van der Waals surface area contributed by atoms with Gasteiger partial charge in [0.15, 0.2) is 5.92 Å². The van der Waals surface area contributed by atoms with Crippen LogP contribution in [0.3, 0.4) is 0 Å². The molecule has 0 saturated carbocycles. The van der Waals surface area contributed by atoms with Crippen LogP contribution in [-0.4, -0.2) is 55.9 Å². The van der Waals surface area contributed by atoms with E-state index in [0.29, 0.717) is 6.54 Å². The minimum atomic E-state index is -4.69. The topological polar surface area (TPSA) is 52.6 Å². The number of halogens is 3. The average Bonchev–Trinajstić information content (AvgIpc) is 2.13. The van der Waals surface area contributed by atoms with Crippen molar-refractivity contribution in [2.75, 3.05) is 33.7 Å². The van der Waals surface area contributed by atoms with Crippen LogP contribution >= 0.6 is 0 Å². The van der Waals surface area contributed by atoms with Gasteiger partial charge < -0.3 is 15.3 Å². The first-order valence-corrected chi connectivity index (χ1v) is 5.40. The van der Waals surface area contributed by atoms with Gasteiger partial charge in [0.25, 0.3) is 0 Å². The number of alkyl halides is 3. The number of carboxylic acid groups (broad SMARTS) is 1. The van der Waals surface area contributed by atoms with Gasteiger partial charge in [0.05, 0.1) is 0 Å². The lowest BCUT2D eigenvalue weighted by molar-refractivity contribution is -0.192. The summed E-state index contributed by atoms with van der Waals surface area (Å²) in [5, 5.41) is 10.9. The van der Waals surface area contributed by atoms with E-state index in [-0.39, 0.29) is 0 Å². The third kappa shape index (κ3) is 7.98. The van der Waals surface area contributed by atoms with Gasteiger partial charge in [0.2, 0.25) is 0 Å². The van der Waals surface area contributed by atoms with E-state index in [4.69, 9.17) is 5.11 Å². The predicted molar refractivity (Wildman–Crippen MR) is 57.8 cm³/mol. The number of carboxylic acids is 1. The number of unbranched alkanes of at least 4 members (excludes halogenated alkanes) is 1. The van der Waals surface area contributed by atoms with Crippen LogP contribution in [-0.2, 0) is 4.79 Å². The van der Waals surface area contributed by atoms with Crippen molar-refractivity contribution in [3.8, 4) is 0 Å². The molecule has 4 nitrogen and oxygen atoms in total. The number of nitrogens with zero attached hydrogens (tertiary/aromatic N) is 1. The largest absolute Gasteiger partial charge is 0.481 e. The second kappa shape index (κ2) is 7.50. The molecule has 0 rings (SSSR count). The summed E-state index contributed by atoms with van der Waals surface area (Å²) >= 11 is 0. The zero-order chi connectivity index (χ0) is 13.5. The highest BCUT2D eigenvalue weighted by atomic mass is 19.4. The maximum atomic E-state index is 12.2. The van der Waals surface area contributed by atoms with Crippen molar-refractivity contribution in [2.45, 2.75) is 19.0 Å². The Morgan fingerprint density at radius 2 is 1.94 bits per heavy atom. The number of carbonyl (C=O) groups is 1. The first-order chi connectivity index (χ1) is 7.75. The van der Waals surface area contributed by atoms with Gasteiger partial charge in [-0.05, 0) is 40.0 Å². The molecular formula is C10H19F3N2O2. The van der Waals surface area contributed by atoms with Crippen molar-refractivity contribution >= 4 is 5.97 Å². The van der Waals surface area contributed by atoms with Crippen LogP contribution in [0.1, 0.15) is 12.8 Å². The Morgan fingerprint density at radius 3 is 2.35 bits per heavy atom. The molecule has 0 bridgehead atoms. The summed E-state index contributed by atoms with van der Waals surface area (Å²) in [4.78, 5) is 12.4. The fourth-order valence-electron chi connectivity index (χ4n) is 1.27. The van der Waals surface area contributed by atoms with E-state index in [2.05, 4.69) is 5.32 Å². The summed E-state index contributed by atoms with van der Waals surface area (Å²) in [6.07, 6.45) is -3.10. The molecule has 0 fully saturated rings. The van der Waals surface area contributed by atoms with E-state index in [1.165, 1.54) is 0 Å². The third-order valence-corrected chi connectivity index (χ3v) is 2.25. The second-order valence-corrected chi connectivity index (χ2v) is 4.15. The maximum Gasteiger partial charge on any atom is 0.403 e. The van der Waals surface area contributed by atoms with Crippen molar-refractivity contribution in [3.63, 3.8) is 0 Å². The SMILES string of the molecule is CN(C)CCCCNCC(C(=O)O)C(F)(F)F. The zero-order valence-electron chi connectivity index (χ0n) is 10.0. The first kappa shape index (κ1) is 16.2. The molecular weight excluding hydrogens is 237 g/mol. The predicted octanol–water partition coefficient (Wildman–Crippen LogP) is 1.18. The lowest BCUT2D eigenvalue weighted by Crippen LogP contribution is -2.39. The number of hydrogen-bond acceptors (Lipinski definition) is 3. The molecule has 0 aromatic carbocycles. The van der Waals surface area contributed by atoms with Crippen LogP contribution in [0, 0.1) is 5.92 Å². The van der Waals surface area contributed by atoms with Crippen LogP contribution < -0.4 is 5.32 Å². The van der Waals surface area contributed by atoms with Crippen LogP contribution in [0.25, 0.3) is 0 Å². The van der Waals surface area contributed by atoms with E-state index in [1.54, 1.807) is 0 Å².